The summed E-state index contributed by atoms with van der Waals surface area (Å²) in [5.74, 6) is -0.446. The Balaban J connectivity index is 1.57. The first-order valence-corrected chi connectivity index (χ1v) is 8.75. The lowest BCUT2D eigenvalue weighted by atomic mass is 10.3. The zero-order valence-electron chi connectivity index (χ0n) is 14.3. The topological polar surface area (TPSA) is 90.1 Å². The van der Waals surface area contributed by atoms with Crippen LogP contribution in [0.4, 0.5) is 18.9 Å². The molecule has 0 bridgehead atoms. The highest BCUT2D eigenvalue weighted by molar-refractivity contribution is 8.00. The molecule has 0 aliphatic heterocycles. The number of thioether (sulfide) groups is 1. The van der Waals surface area contributed by atoms with Gasteiger partial charge in [-0.15, -0.1) is 23.4 Å². The standard InChI is InChI=1S/C17H13F3N4O3S/c1-10(28-16-24-23-15(26-16)11-6-8-21-9-7-11)14(25)22-12-2-4-13(5-3-12)27-17(18,19)20/h2-10H,1H3,(H,22,25). The van der Waals surface area contributed by atoms with Crippen LogP contribution in [0.1, 0.15) is 6.92 Å². The Kier molecular flexibility index (Phi) is 5.83. The Hall–Kier alpha value is -3.08. The summed E-state index contributed by atoms with van der Waals surface area (Å²) in [5, 5.41) is 10.0. The van der Waals surface area contributed by atoms with Gasteiger partial charge in [-0.2, -0.15) is 0 Å². The minimum absolute atomic E-state index is 0.211. The molecule has 2 heterocycles. The van der Waals surface area contributed by atoms with E-state index in [2.05, 4.69) is 25.2 Å². The van der Waals surface area contributed by atoms with Gasteiger partial charge in [0.2, 0.25) is 11.8 Å². The maximum Gasteiger partial charge on any atom is 0.573 e. The van der Waals surface area contributed by atoms with Crippen LogP contribution in [0, 0.1) is 0 Å². The lowest BCUT2D eigenvalue weighted by Gasteiger charge is -2.11. The van der Waals surface area contributed by atoms with Gasteiger partial charge in [-0.3, -0.25) is 9.78 Å². The summed E-state index contributed by atoms with van der Waals surface area (Å²) in [6, 6.07) is 8.27. The molecule has 0 radical (unpaired) electrons. The zero-order chi connectivity index (χ0) is 20.1. The number of ether oxygens (including phenoxy) is 1. The van der Waals surface area contributed by atoms with Gasteiger partial charge in [0.1, 0.15) is 5.75 Å². The SMILES string of the molecule is CC(Sc1nnc(-c2ccncc2)o1)C(=O)Nc1ccc(OC(F)(F)F)cc1. The Morgan fingerprint density at radius 2 is 1.82 bits per heavy atom. The number of aromatic nitrogens is 3. The van der Waals surface area contributed by atoms with Crippen LogP contribution >= 0.6 is 11.8 Å². The summed E-state index contributed by atoms with van der Waals surface area (Å²) in [7, 11) is 0. The average Bonchev–Trinajstić information content (AvgIpc) is 3.11. The van der Waals surface area contributed by atoms with Gasteiger partial charge in [0.25, 0.3) is 5.22 Å². The molecule has 0 aliphatic rings. The molecule has 11 heteroatoms. The van der Waals surface area contributed by atoms with E-state index >= 15 is 0 Å². The summed E-state index contributed by atoms with van der Waals surface area (Å²) < 4.78 is 45.8. The predicted octanol–water partition coefficient (Wildman–Crippen LogP) is 4.15. The number of nitrogens with one attached hydrogen (secondary N) is 1. The van der Waals surface area contributed by atoms with Crippen molar-refractivity contribution in [3.8, 4) is 17.2 Å². The largest absolute Gasteiger partial charge is 0.573 e. The van der Waals surface area contributed by atoms with Crippen LogP contribution in [0.25, 0.3) is 11.5 Å². The molecule has 3 aromatic rings. The van der Waals surface area contributed by atoms with Crippen LogP contribution in [0.3, 0.4) is 0 Å². The third kappa shape index (κ3) is 5.46. The smallest absolute Gasteiger partial charge is 0.411 e. The van der Waals surface area contributed by atoms with E-state index in [4.69, 9.17) is 4.42 Å². The van der Waals surface area contributed by atoms with Crippen molar-refractivity contribution >= 4 is 23.4 Å². The fourth-order valence-corrected chi connectivity index (χ4v) is 2.74. The fraction of sp³-hybridized carbons (Fsp3) is 0.176. The molecule has 28 heavy (non-hydrogen) atoms. The average molecular weight is 410 g/mol. The van der Waals surface area contributed by atoms with Gasteiger partial charge in [-0.25, -0.2) is 0 Å². The second kappa shape index (κ2) is 8.30. The molecule has 1 aromatic carbocycles. The number of nitrogens with zero attached hydrogens (tertiary/aromatic N) is 3. The number of anilines is 1. The van der Waals surface area contributed by atoms with Gasteiger partial charge in [-0.05, 0) is 43.3 Å². The number of hydrogen-bond donors (Lipinski definition) is 1. The maximum atomic E-state index is 12.3. The maximum absolute atomic E-state index is 12.3. The van der Waals surface area contributed by atoms with Gasteiger partial charge in [0.05, 0.1) is 5.25 Å². The number of alkyl halides is 3. The molecule has 1 atom stereocenters. The number of halogens is 3. The molecule has 3 rings (SSSR count). The highest BCUT2D eigenvalue weighted by Crippen LogP contribution is 2.27. The molecule has 1 amide bonds. The molecule has 7 nitrogen and oxygen atoms in total. The molecule has 0 fully saturated rings. The summed E-state index contributed by atoms with van der Waals surface area (Å²) in [4.78, 5) is 16.2. The molecular weight excluding hydrogens is 397 g/mol. The number of carbonyl (C=O) groups excluding carboxylic acids is 1. The third-order valence-corrected chi connectivity index (χ3v) is 4.27. The normalized spacial score (nSPS) is 12.4. The number of amides is 1. The van der Waals surface area contributed by atoms with Crippen LogP contribution in [0.2, 0.25) is 0 Å². The third-order valence-electron chi connectivity index (χ3n) is 3.34. The van der Waals surface area contributed by atoms with Gasteiger partial charge in [0, 0.05) is 23.6 Å². The van der Waals surface area contributed by atoms with Crippen molar-refractivity contribution in [3.05, 3.63) is 48.8 Å². The minimum Gasteiger partial charge on any atom is -0.411 e. The first kappa shape index (κ1) is 19.7. The van der Waals surface area contributed by atoms with E-state index in [0.717, 1.165) is 23.9 Å². The summed E-state index contributed by atoms with van der Waals surface area (Å²) in [5.41, 5.74) is 1.03. The molecule has 0 saturated carbocycles. The van der Waals surface area contributed by atoms with Crippen LogP contribution < -0.4 is 10.1 Å². The van der Waals surface area contributed by atoms with Gasteiger partial charge in [0.15, 0.2) is 0 Å². The summed E-state index contributed by atoms with van der Waals surface area (Å²) in [6.45, 7) is 1.64. The van der Waals surface area contributed by atoms with Gasteiger partial charge in [-0.1, -0.05) is 11.8 Å². The van der Waals surface area contributed by atoms with Crippen molar-refractivity contribution < 1.29 is 27.1 Å². The molecule has 0 aliphatic carbocycles. The first-order valence-electron chi connectivity index (χ1n) is 7.87. The number of rotatable bonds is 6. The van der Waals surface area contributed by atoms with E-state index < -0.39 is 11.6 Å². The predicted molar refractivity (Wildman–Crippen MR) is 94.6 cm³/mol. The molecule has 146 valence electrons. The zero-order valence-corrected chi connectivity index (χ0v) is 15.1. The molecule has 0 spiro atoms. The lowest BCUT2D eigenvalue weighted by molar-refractivity contribution is -0.274. The number of hydrogen-bond acceptors (Lipinski definition) is 7. The van der Waals surface area contributed by atoms with Crippen LogP contribution in [0.5, 0.6) is 5.75 Å². The molecule has 1 N–H and O–H groups in total. The van der Waals surface area contributed by atoms with Crippen LogP contribution in [0.15, 0.2) is 58.4 Å². The van der Waals surface area contributed by atoms with E-state index in [9.17, 15) is 18.0 Å². The van der Waals surface area contributed by atoms with E-state index in [0.29, 0.717) is 17.1 Å². The second-order valence-corrected chi connectivity index (χ2v) is 6.72. The highest BCUT2D eigenvalue weighted by Gasteiger charge is 2.31. The Morgan fingerprint density at radius 3 is 2.46 bits per heavy atom. The van der Waals surface area contributed by atoms with Crippen molar-refractivity contribution in [2.75, 3.05) is 5.32 Å². The first-order chi connectivity index (χ1) is 13.3. The van der Waals surface area contributed by atoms with Crippen molar-refractivity contribution in [1.29, 1.82) is 0 Å². The number of pyridine rings is 1. The number of carbonyl (C=O) groups is 1. The molecule has 1 unspecified atom stereocenters. The second-order valence-electron chi connectivity index (χ2n) is 5.43. The van der Waals surface area contributed by atoms with Crippen LogP contribution in [-0.4, -0.2) is 32.7 Å². The monoisotopic (exact) mass is 410 g/mol. The van der Waals surface area contributed by atoms with Crippen LogP contribution in [-0.2, 0) is 4.79 Å². The molecule has 0 saturated heterocycles. The highest BCUT2D eigenvalue weighted by atomic mass is 32.2. The van der Waals surface area contributed by atoms with E-state index in [-0.39, 0.29) is 16.9 Å². The minimum atomic E-state index is -4.77. The Labute approximate surface area is 161 Å². The van der Waals surface area contributed by atoms with E-state index in [1.807, 2.05) is 0 Å². The summed E-state index contributed by atoms with van der Waals surface area (Å²) >= 11 is 1.06. The Bertz CT molecular complexity index is 933. The van der Waals surface area contributed by atoms with E-state index in [1.54, 1.807) is 31.5 Å². The molecule has 2 aromatic heterocycles. The van der Waals surface area contributed by atoms with Crippen molar-refractivity contribution in [2.24, 2.45) is 0 Å². The van der Waals surface area contributed by atoms with Crippen molar-refractivity contribution in [3.63, 3.8) is 0 Å². The number of benzene rings is 1. The Morgan fingerprint density at radius 1 is 1.14 bits per heavy atom. The summed E-state index contributed by atoms with van der Waals surface area (Å²) in [6.07, 6.45) is -1.59. The van der Waals surface area contributed by atoms with Gasteiger partial charge < -0.3 is 14.5 Å². The lowest BCUT2D eigenvalue weighted by Crippen LogP contribution is -2.22. The van der Waals surface area contributed by atoms with Crippen molar-refractivity contribution in [1.82, 2.24) is 15.2 Å². The van der Waals surface area contributed by atoms with Crippen molar-refractivity contribution in [2.45, 2.75) is 23.8 Å². The van der Waals surface area contributed by atoms with Gasteiger partial charge >= 0.3 is 6.36 Å². The molecular formula is C17H13F3N4O3S. The van der Waals surface area contributed by atoms with E-state index in [1.165, 1.54) is 12.1 Å². The quantitative estimate of drug-likeness (QED) is 0.611. The fourth-order valence-electron chi connectivity index (χ4n) is 2.06.